The first kappa shape index (κ1) is 26.6. The SMILES string of the molecule is C[C@H]1CCCCN1CCCNCc1ccc(CNCCCN2CCCC[C@@H]2C)cc1.Cl. The Labute approximate surface area is 197 Å². The fourth-order valence-corrected chi connectivity index (χ4v) is 5.03. The molecule has 0 spiro atoms. The van der Waals surface area contributed by atoms with Crippen molar-refractivity contribution in [3.63, 3.8) is 0 Å². The van der Waals surface area contributed by atoms with Crippen LogP contribution in [0.5, 0.6) is 0 Å². The summed E-state index contributed by atoms with van der Waals surface area (Å²) in [6.45, 7) is 14.1. The van der Waals surface area contributed by atoms with Gasteiger partial charge in [0.1, 0.15) is 0 Å². The Balaban J connectivity index is 0.00000341. The number of hydrogen-bond acceptors (Lipinski definition) is 4. The number of nitrogens with zero attached hydrogens (tertiary/aromatic N) is 2. The van der Waals surface area contributed by atoms with Crippen LogP contribution in [0.2, 0.25) is 0 Å². The van der Waals surface area contributed by atoms with Crippen LogP contribution in [0.1, 0.15) is 76.3 Å². The zero-order valence-corrected chi connectivity index (χ0v) is 20.9. The van der Waals surface area contributed by atoms with Gasteiger partial charge in [-0.05, 0) is 103 Å². The second-order valence-corrected chi connectivity index (χ2v) is 9.64. The first-order valence-electron chi connectivity index (χ1n) is 12.7. The van der Waals surface area contributed by atoms with E-state index in [1.165, 1.54) is 88.7 Å². The highest BCUT2D eigenvalue weighted by Gasteiger charge is 2.17. The van der Waals surface area contributed by atoms with Crippen LogP contribution in [-0.2, 0) is 13.1 Å². The molecule has 2 aliphatic heterocycles. The normalized spacial score (nSPS) is 22.9. The van der Waals surface area contributed by atoms with Gasteiger partial charge in [0, 0.05) is 25.2 Å². The molecule has 2 heterocycles. The van der Waals surface area contributed by atoms with Gasteiger partial charge in [0.15, 0.2) is 0 Å². The Morgan fingerprint density at radius 3 is 1.52 bits per heavy atom. The molecule has 1 aromatic rings. The largest absolute Gasteiger partial charge is 0.313 e. The highest BCUT2D eigenvalue weighted by molar-refractivity contribution is 5.85. The smallest absolute Gasteiger partial charge is 0.0205 e. The van der Waals surface area contributed by atoms with Crippen molar-refractivity contribution in [1.82, 2.24) is 20.4 Å². The molecule has 2 saturated heterocycles. The molecule has 3 rings (SSSR count). The Morgan fingerprint density at radius 1 is 0.710 bits per heavy atom. The van der Waals surface area contributed by atoms with Gasteiger partial charge >= 0.3 is 0 Å². The van der Waals surface area contributed by atoms with Crippen molar-refractivity contribution in [1.29, 1.82) is 0 Å². The summed E-state index contributed by atoms with van der Waals surface area (Å²) >= 11 is 0. The standard InChI is InChI=1S/C26H46N4.ClH/c1-23-9-3-5-17-29(23)19-7-15-27-21-25-11-13-26(14-12-25)22-28-16-8-20-30-18-6-4-10-24(30)2;/h11-14,23-24,27-28H,3-10,15-22H2,1-2H3;1H/t23-,24-;/m0./s1. The first-order valence-corrected chi connectivity index (χ1v) is 12.7. The van der Waals surface area contributed by atoms with E-state index in [0.29, 0.717) is 0 Å². The number of nitrogens with one attached hydrogen (secondary N) is 2. The highest BCUT2D eigenvalue weighted by Crippen LogP contribution is 2.17. The van der Waals surface area contributed by atoms with E-state index in [9.17, 15) is 0 Å². The van der Waals surface area contributed by atoms with Gasteiger partial charge in [-0.2, -0.15) is 0 Å². The molecule has 2 aliphatic rings. The predicted molar refractivity (Wildman–Crippen MR) is 136 cm³/mol. The van der Waals surface area contributed by atoms with Crippen LogP contribution >= 0.6 is 12.4 Å². The highest BCUT2D eigenvalue weighted by atomic mass is 35.5. The Bertz CT molecular complexity index is 528. The van der Waals surface area contributed by atoms with Crippen molar-refractivity contribution >= 4 is 12.4 Å². The molecule has 0 bridgehead atoms. The maximum Gasteiger partial charge on any atom is 0.0205 e. The van der Waals surface area contributed by atoms with Crippen molar-refractivity contribution < 1.29 is 0 Å². The van der Waals surface area contributed by atoms with Gasteiger partial charge in [0.05, 0.1) is 0 Å². The lowest BCUT2D eigenvalue weighted by atomic mass is 10.0. The molecule has 5 heteroatoms. The third-order valence-electron chi connectivity index (χ3n) is 7.16. The Hall–Kier alpha value is -0.650. The van der Waals surface area contributed by atoms with Gasteiger partial charge in [-0.25, -0.2) is 0 Å². The topological polar surface area (TPSA) is 30.5 Å². The molecule has 1 aromatic carbocycles. The molecule has 0 unspecified atom stereocenters. The molecule has 2 atom stereocenters. The number of piperidine rings is 2. The van der Waals surface area contributed by atoms with Gasteiger partial charge in [0.2, 0.25) is 0 Å². The summed E-state index contributed by atoms with van der Waals surface area (Å²) in [6.07, 6.45) is 10.9. The third-order valence-corrected chi connectivity index (χ3v) is 7.16. The lowest BCUT2D eigenvalue weighted by Gasteiger charge is -2.33. The number of benzene rings is 1. The van der Waals surface area contributed by atoms with Crippen LogP contribution in [0.25, 0.3) is 0 Å². The Kier molecular flexibility index (Phi) is 13.1. The summed E-state index contributed by atoms with van der Waals surface area (Å²) in [5, 5.41) is 7.25. The number of rotatable bonds is 12. The monoisotopic (exact) mass is 450 g/mol. The summed E-state index contributed by atoms with van der Waals surface area (Å²) in [5.74, 6) is 0. The molecular formula is C26H47ClN4. The summed E-state index contributed by atoms with van der Waals surface area (Å²) < 4.78 is 0. The van der Waals surface area contributed by atoms with Crippen LogP contribution in [-0.4, -0.2) is 61.2 Å². The van der Waals surface area contributed by atoms with Crippen LogP contribution in [0.4, 0.5) is 0 Å². The minimum Gasteiger partial charge on any atom is -0.313 e. The van der Waals surface area contributed by atoms with Crippen LogP contribution in [0.3, 0.4) is 0 Å². The minimum absolute atomic E-state index is 0. The van der Waals surface area contributed by atoms with Crippen LogP contribution in [0, 0.1) is 0 Å². The van der Waals surface area contributed by atoms with E-state index in [0.717, 1.165) is 38.3 Å². The second kappa shape index (κ2) is 15.2. The maximum atomic E-state index is 3.62. The lowest BCUT2D eigenvalue weighted by Crippen LogP contribution is -2.38. The van der Waals surface area contributed by atoms with E-state index in [2.05, 4.69) is 58.5 Å². The number of hydrogen-bond donors (Lipinski definition) is 2. The van der Waals surface area contributed by atoms with Crippen molar-refractivity contribution in [3.05, 3.63) is 35.4 Å². The number of halogens is 1. The van der Waals surface area contributed by atoms with Crippen molar-refractivity contribution in [2.24, 2.45) is 0 Å². The zero-order chi connectivity index (χ0) is 21.0. The maximum absolute atomic E-state index is 3.62. The molecule has 0 radical (unpaired) electrons. The average molecular weight is 451 g/mol. The van der Waals surface area contributed by atoms with E-state index >= 15 is 0 Å². The summed E-state index contributed by atoms with van der Waals surface area (Å²) in [7, 11) is 0. The van der Waals surface area contributed by atoms with E-state index in [-0.39, 0.29) is 12.4 Å². The third kappa shape index (κ3) is 9.79. The van der Waals surface area contributed by atoms with Gasteiger partial charge in [0.25, 0.3) is 0 Å². The average Bonchev–Trinajstić information content (AvgIpc) is 2.77. The quantitative estimate of drug-likeness (QED) is 0.447. The van der Waals surface area contributed by atoms with Crippen LogP contribution < -0.4 is 10.6 Å². The van der Waals surface area contributed by atoms with Gasteiger partial charge in [-0.3, -0.25) is 0 Å². The molecule has 0 saturated carbocycles. The lowest BCUT2D eigenvalue weighted by molar-refractivity contribution is 0.159. The van der Waals surface area contributed by atoms with E-state index in [1.807, 2.05) is 0 Å². The van der Waals surface area contributed by atoms with Crippen LogP contribution in [0.15, 0.2) is 24.3 Å². The molecular weight excluding hydrogens is 404 g/mol. The molecule has 31 heavy (non-hydrogen) atoms. The molecule has 0 amide bonds. The summed E-state index contributed by atoms with van der Waals surface area (Å²) in [4.78, 5) is 5.33. The van der Waals surface area contributed by atoms with Gasteiger partial charge < -0.3 is 20.4 Å². The molecule has 0 aromatic heterocycles. The zero-order valence-electron chi connectivity index (χ0n) is 20.1. The fraction of sp³-hybridized carbons (Fsp3) is 0.769. The molecule has 2 fully saturated rings. The van der Waals surface area contributed by atoms with E-state index in [1.54, 1.807) is 0 Å². The first-order chi connectivity index (χ1) is 14.7. The molecule has 0 aliphatic carbocycles. The second-order valence-electron chi connectivity index (χ2n) is 9.64. The van der Waals surface area contributed by atoms with E-state index in [4.69, 9.17) is 0 Å². The van der Waals surface area contributed by atoms with Gasteiger partial charge in [-0.15, -0.1) is 12.4 Å². The summed E-state index contributed by atoms with van der Waals surface area (Å²) in [5.41, 5.74) is 2.79. The fourth-order valence-electron chi connectivity index (χ4n) is 5.03. The molecule has 178 valence electrons. The minimum atomic E-state index is 0. The predicted octanol–water partition coefficient (Wildman–Crippen LogP) is 4.82. The van der Waals surface area contributed by atoms with Gasteiger partial charge in [-0.1, -0.05) is 37.1 Å². The molecule has 4 nitrogen and oxygen atoms in total. The van der Waals surface area contributed by atoms with Crippen molar-refractivity contribution in [3.8, 4) is 0 Å². The summed E-state index contributed by atoms with van der Waals surface area (Å²) in [6, 6.07) is 10.7. The molecule has 2 N–H and O–H groups in total. The number of likely N-dealkylation sites (tertiary alicyclic amines) is 2. The van der Waals surface area contributed by atoms with Crippen molar-refractivity contribution in [2.75, 3.05) is 39.3 Å². The Morgan fingerprint density at radius 2 is 1.13 bits per heavy atom. The van der Waals surface area contributed by atoms with E-state index < -0.39 is 0 Å². The van der Waals surface area contributed by atoms with Crippen molar-refractivity contribution in [2.45, 2.75) is 90.4 Å².